The molecule has 2 N–H and O–H groups in total. The van der Waals surface area contributed by atoms with E-state index >= 15 is 0 Å². The van der Waals surface area contributed by atoms with Crippen LogP contribution >= 0.6 is 0 Å². The van der Waals surface area contributed by atoms with Crippen LogP contribution in [0.25, 0.3) is 5.65 Å². The number of nitrogens with zero attached hydrogens (tertiary/aromatic N) is 2. The smallest absolute Gasteiger partial charge is 0.330 e. The van der Waals surface area contributed by atoms with E-state index in [4.69, 9.17) is 5.73 Å². The van der Waals surface area contributed by atoms with Crippen LogP contribution in [0.5, 0.6) is 0 Å². The molecule has 0 unspecified atom stereocenters. The fourth-order valence-corrected chi connectivity index (χ4v) is 2.14. The van der Waals surface area contributed by atoms with Crippen LogP contribution in [0.15, 0.2) is 18.3 Å². The molecule has 6 heteroatoms. The van der Waals surface area contributed by atoms with Crippen molar-refractivity contribution < 1.29 is 13.2 Å². The van der Waals surface area contributed by atoms with E-state index in [2.05, 4.69) is 4.98 Å². The lowest BCUT2D eigenvalue weighted by atomic mass is 10.1. The molecule has 2 rings (SSSR count). The fraction of sp³-hybridized carbons (Fsp3) is 0.462. The predicted octanol–water partition coefficient (Wildman–Crippen LogP) is 2.98. The number of hydrogen-bond donors (Lipinski definition) is 1. The zero-order valence-electron chi connectivity index (χ0n) is 10.8. The molecular weight excluding hydrogens is 255 g/mol. The molecule has 2 heterocycles. The summed E-state index contributed by atoms with van der Waals surface area (Å²) in [5, 5.41) is 0. The Kier molecular flexibility index (Phi) is 3.54. The molecule has 104 valence electrons. The van der Waals surface area contributed by atoms with Gasteiger partial charge in [0.05, 0.1) is 11.3 Å². The topological polar surface area (TPSA) is 43.3 Å². The molecule has 3 nitrogen and oxygen atoms in total. The summed E-state index contributed by atoms with van der Waals surface area (Å²) in [7, 11) is 0. The second-order valence-electron chi connectivity index (χ2n) is 4.78. The van der Waals surface area contributed by atoms with E-state index in [0.29, 0.717) is 18.6 Å². The summed E-state index contributed by atoms with van der Waals surface area (Å²) in [6.07, 6.45) is -2.33. The van der Waals surface area contributed by atoms with E-state index in [9.17, 15) is 13.2 Å². The average molecular weight is 271 g/mol. The molecule has 0 radical (unpaired) electrons. The Morgan fingerprint density at radius 2 is 2.05 bits per heavy atom. The van der Waals surface area contributed by atoms with Gasteiger partial charge in [-0.05, 0) is 24.6 Å². The third kappa shape index (κ3) is 2.58. The van der Waals surface area contributed by atoms with Crippen LogP contribution in [0.2, 0.25) is 0 Å². The lowest BCUT2D eigenvalue weighted by Gasteiger charge is -2.08. The van der Waals surface area contributed by atoms with Crippen LogP contribution in [-0.4, -0.2) is 15.9 Å². The monoisotopic (exact) mass is 271 g/mol. The summed E-state index contributed by atoms with van der Waals surface area (Å²) in [4.78, 5) is 4.31. The average Bonchev–Trinajstić information content (AvgIpc) is 2.67. The van der Waals surface area contributed by atoms with E-state index in [-0.39, 0.29) is 5.92 Å². The summed E-state index contributed by atoms with van der Waals surface area (Å²) < 4.78 is 39.7. The van der Waals surface area contributed by atoms with Crippen LogP contribution in [0, 0.1) is 0 Å². The van der Waals surface area contributed by atoms with Crippen LogP contribution in [0.4, 0.5) is 13.2 Å². The highest BCUT2D eigenvalue weighted by molar-refractivity contribution is 5.47. The standard InChI is InChI=1S/C13H16F3N3/c1-8(2)12-10(3-5-17)19-6-4-9(13(14,15)16)7-11(19)18-12/h4,6-8H,3,5,17H2,1-2H3. The van der Waals surface area contributed by atoms with E-state index in [1.807, 2.05) is 13.8 Å². The van der Waals surface area contributed by atoms with E-state index in [1.54, 1.807) is 4.40 Å². The minimum atomic E-state index is -4.35. The van der Waals surface area contributed by atoms with E-state index in [1.165, 1.54) is 6.20 Å². The third-order valence-corrected chi connectivity index (χ3v) is 3.01. The number of halogens is 3. The molecule has 0 aliphatic carbocycles. The van der Waals surface area contributed by atoms with Crippen molar-refractivity contribution in [2.45, 2.75) is 32.4 Å². The largest absolute Gasteiger partial charge is 0.416 e. The maximum atomic E-state index is 12.7. The molecule has 0 aliphatic heterocycles. The first-order valence-electron chi connectivity index (χ1n) is 6.12. The zero-order chi connectivity index (χ0) is 14.2. The molecule has 0 aromatic carbocycles. The first kappa shape index (κ1) is 13.9. The second kappa shape index (κ2) is 4.85. The molecule has 0 saturated carbocycles. The van der Waals surface area contributed by atoms with Crippen molar-refractivity contribution >= 4 is 5.65 Å². The summed E-state index contributed by atoms with van der Waals surface area (Å²) >= 11 is 0. The Morgan fingerprint density at radius 3 is 2.58 bits per heavy atom. The van der Waals surface area contributed by atoms with Crippen LogP contribution in [0.1, 0.15) is 36.7 Å². The lowest BCUT2D eigenvalue weighted by molar-refractivity contribution is -0.137. The summed E-state index contributed by atoms with van der Waals surface area (Å²) in [6.45, 7) is 4.37. The molecule has 2 aromatic rings. The SMILES string of the molecule is CC(C)c1nc2cc(C(F)(F)F)ccn2c1CCN. The van der Waals surface area contributed by atoms with Gasteiger partial charge in [-0.25, -0.2) is 4.98 Å². The van der Waals surface area contributed by atoms with Crippen molar-refractivity contribution in [1.82, 2.24) is 9.38 Å². The molecule has 0 bridgehead atoms. The minimum Gasteiger partial charge on any atom is -0.330 e. The van der Waals surface area contributed by atoms with Gasteiger partial charge in [0.2, 0.25) is 0 Å². The minimum absolute atomic E-state index is 0.149. The molecule has 19 heavy (non-hydrogen) atoms. The molecule has 0 atom stereocenters. The summed E-state index contributed by atoms with van der Waals surface area (Å²) in [5.74, 6) is 0.149. The van der Waals surface area contributed by atoms with Gasteiger partial charge < -0.3 is 10.1 Å². The zero-order valence-corrected chi connectivity index (χ0v) is 10.8. The van der Waals surface area contributed by atoms with Gasteiger partial charge in [-0.3, -0.25) is 0 Å². The Hall–Kier alpha value is -1.56. The number of alkyl halides is 3. The number of nitrogens with two attached hydrogens (primary N) is 1. The van der Waals surface area contributed by atoms with Crippen molar-refractivity contribution in [3.8, 4) is 0 Å². The summed E-state index contributed by atoms with van der Waals surface area (Å²) in [6, 6.07) is 2.14. The van der Waals surface area contributed by atoms with Crippen LogP contribution in [-0.2, 0) is 12.6 Å². The van der Waals surface area contributed by atoms with Crippen molar-refractivity contribution in [2.75, 3.05) is 6.54 Å². The van der Waals surface area contributed by atoms with Crippen LogP contribution in [0.3, 0.4) is 0 Å². The quantitative estimate of drug-likeness (QED) is 0.932. The number of hydrogen-bond acceptors (Lipinski definition) is 2. The van der Waals surface area contributed by atoms with E-state index < -0.39 is 11.7 Å². The highest BCUT2D eigenvalue weighted by Gasteiger charge is 2.31. The van der Waals surface area contributed by atoms with Crippen molar-refractivity contribution in [3.05, 3.63) is 35.3 Å². The van der Waals surface area contributed by atoms with Gasteiger partial charge in [-0.2, -0.15) is 13.2 Å². The molecule has 0 aliphatic rings. The Labute approximate surface area is 109 Å². The van der Waals surface area contributed by atoms with E-state index in [0.717, 1.165) is 23.5 Å². The van der Waals surface area contributed by atoms with Gasteiger partial charge in [0.25, 0.3) is 0 Å². The van der Waals surface area contributed by atoms with Gasteiger partial charge in [-0.1, -0.05) is 13.8 Å². The lowest BCUT2D eigenvalue weighted by Crippen LogP contribution is -2.09. The van der Waals surface area contributed by atoms with Crippen LogP contribution < -0.4 is 5.73 Å². The van der Waals surface area contributed by atoms with Crippen molar-refractivity contribution in [1.29, 1.82) is 0 Å². The fourth-order valence-electron chi connectivity index (χ4n) is 2.14. The second-order valence-corrected chi connectivity index (χ2v) is 4.78. The molecule has 2 aromatic heterocycles. The Morgan fingerprint density at radius 1 is 1.37 bits per heavy atom. The Balaban J connectivity index is 2.62. The van der Waals surface area contributed by atoms with Gasteiger partial charge in [0, 0.05) is 18.3 Å². The Bertz CT molecular complexity index is 585. The summed E-state index contributed by atoms with van der Waals surface area (Å²) in [5.41, 5.74) is 6.90. The number of pyridine rings is 1. The number of rotatable bonds is 3. The molecule has 0 saturated heterocycles. The molecule has 0 fully saturated rings. The van der Waals surface area contributed by atoms with Gasteiger partial charge in [0.15, 0.2) is 0 Å². The van der Waals surface area contributed by atoms with Gasteiger partial charge >= 0.3 is 6.18 Å². The van der Waals surface area contributed by atoms with Gasteiger partial charge in [0.1, 0.15) is 5.65 Å². The number of fused-ring (bicyclic) bond motifs is 1. The first-order chi connectivity index (χ1) is 8.84. The maximum Gasteiger partial charge on any atom is 0.416 e. The normalized spacial score (nSPS) is 12.6. The highest BCUT2D eigenvalue weighted by Crippen LogP contribution is 2.31. The highest BCUT2D eigenvalue weighted by atomic mass is 19.4. The first-order valence-corrected chi connectivity index (χ1v) is 6.12. The van der Waals surface area contributed by atoms with Gasteiger partial charge in [-0.15, -0.1) is 0 Å². The number of aromatic nitrogens is 2. The molecular formula is C13H16F3N3. The van der Waals surface area contributed by atoms with Crippen molar-refractivity contribution in [2.24, 2.45) is 5.73 Å². The van der Waals surface area contributed by atoms with Crippen molar-refractivity contribution in [3.63, 3.8) is 0 Å². The predicted molar refractivity (Wildman–Crippen MR) is 67.0 cm³/mol. The maximum absolute atomic E-state index is 12.7. The molecule has 0 spiro atoms. The third-order valence-electron chi connectivity index (χ3n) is 3.01. The number of imidazole rings is 1. The molecule has 0 amide bonds.